The lowest BCUT2D eigenvalue weighted by atomic mass is 9.99. The van der Waals surface area contributed by atoms with Crippen molar-refractivity contribution >= 4 is 75.3 Å². The average molecular weight is 1280 g/mol. The van der Waals surface area contributed by atoms with Gasteiger partial charge in [-0.2, -0.15) is 8.42 Å². The molecule has 0 fully saturated rings. The highest BCUT2D eigenvalue weighted by atomic mass is 32.3. The summed E-state index contributed by atoms with van der Waals surface area (Å²) in [6.45, 7) is 14.5. The molecule has 0 aliphatic carbocycles. The molecule has 88 heavy (non-hydrogen) atoms. The van der Waals surface area contributed by atoms with Crippen LogP contribution in [0.3, 0.4) is 0 Å². The normalized spacial score (nSPS) is 15.5. The van der Waals surface area contributed by atoms with E-state index < -0.39 is 142 Å². The monoisotopic (exact) mass is 1280 g/mol. The molecule has 0 aromatic heterocycles. The van der Waals surface area contributed by atoms with Crippen molar-refractivity contribution in [1.82, 2.24) is 53.2 Å². The molecule has 0 aliphatic heterocycles. The molecule has 0 spiro atoms. The summed E-state index contributed by atoms with van der Waals surface area (Å²) in [4.78, 5) is 149. The first-order valence-electron chi connectivity index (χ1n) is 29.8. The second-order valence-electron chi connectivity index (χ2n) is 22.8. The molecule has 510 valence electrons. The summed E-state index contributed by atoms with van der Waals surface area (Å²) in [6, 6.07) is -13.4. The van der Waals surface area contributed by atoms with E-state index in [-0.39, 0.29) is 115 Å². The number of nitrogens with one attached hydrogen (secondary N) is 10. The van der Waals surface area contributed by atoms with Crippen LogP contribution >= 0.6 is 0 Å². The van der Waals surface area contributed by atoms with E-state index >= 15 is 0 Å². The zero-order valence-electron chi connectivity index (χ0n) is 52.6. The van der Waals surface area contributed by atoms with Crippen LogP contribution in [0.1, 0.15) is 146 Å². The Hall–Kier alpha value is -6.08. The standard InChI is InChI=1S/C54H104N16O13.H2O4S/c1-29(2)13-11-10-12-14-43(74)61-35(15-21-55)50(79)70-45(34(9)73)54(83)66-39(19-25-59)48(77)62-36(16-22-56)46(75)63-38(18-24-58)49(78)67-42(28-31(5)6)53(82)68-41(27-30(3)4)52(81)65-37(17-23-57)47(76)64-40(20-26-60)51(80)69-44(32(7)71)33(8)72;1-5(2,3)4/h29-32,34-42,44-45,71,73H,10-28,55-60H2,1-9H3,(H,61,74)(H,62,77)(H,63,75)(H,64,76)(H,65,81)(H,66,83)(H,67,78)(H,68,82)(H,69,80)(H,70,79);(H2,1,2,3,4)/t32-,34-,35+,36+,37+,38+,39+,40+,41+,42-,44+,45+;/m1./s1. The molecule has 0 unspecified atom stereocenters. The fraction of sp³-hybridized carbons (Fsp3) is 0.796. The van der Waals surface area contributed by atoms with Gasteiger partial charge in [-0.3, -0.25) is 61.8 Å². The first-order valence-corrected chi connectivity index (χ1v) is 31.2. The number of hydrogen-bond donors (Lipinski definition) is 20. The van der Waals surface area contributed by atoms with E-state index in [2.05, 4.69) is 67.0 Å². The van der Waals surface area contributed by atoms with Crippen LogP contribution in [0.15, 0.2) is 0 Å². The fourth-order valence-corrected chi connectivity index (χ4v) is 8.67. The van der Waals surface area contributed by atoms with Crippen molar-refractivity contribution in [2.75, 3.05) is 39.3 Å². The summed E-state index contributed by atoms with van der Waals surface area (Å²) >= 11 is 0. The number of hydrogen-bond acceptors (Lipinski definition) is 21. The molecule has 26 N–H and O–H groups in total. The third-order valence-corrected chi connectivity index (χ3v) is 13.2. The van der Waals surface area contributed by atoms with Gasteiger partial charge in [-0.25, -0.2) is 0 Å². The van der Waals surface area contributed by atoms with Crippen molar-refractivity contribution in [3.05, 3.63) is 0 Å². The summed E-state index contributed by atoms with van der Waals surface area (Å²) in [6.07, 6.45) is 0.277. The Bertz CT molecular complexity index is 2290. The molecule has 0 aromatic rings. The van der Waals surface area contributed by atoms with Gasteiger partial charge in [-0.15, -0.1) is 0 Å². The molecular formula is C54H106N16O17S. The van der Waals surface area contributed by atoms with Crippen LogP contribution in [-0.2, 0) is 63.1 Å². The molecule has 0 saturated carbocycles. The van der Waals surface area contributed by atoms with E-state index in [9.17, 15) is 63.0 Å². The topological polar surface area (TPSA) is 579 Å². The van der Waals surface area contributed by atoms with Gasteiger partial charge >= 0.3 is 10.4 Å². The smallest absolute Gasteiger partial charge is 0.391 e. The number of unbranched alkanes of at least 4 members (excludes halogenated alkanes) is 2. The highest BCUT2D eigenvalue weighted by Gasteiger charge is 2.37. The molecule has 34 heteroatoms. The van der Waals surface area contributed by atoms with Crippen LogP contribution in [0, 0.1) is 17.8 Å². The van der Waals surface area contributed by atoms with Crippen molar-refractivity contribution in [2.24, 2.45) is 52.2 Å². The zero-order valence-corrected chi connectivity index (χ0v) is 53.4. The number of amides is 10. The van der Waals surface area contributed by atoms with Gasteiger partial charge in [0.15, 0.2) is 5.78 Å². The highest BCUT2D eigenvalue weighted by molar-refractivity contribution is 7.79. The maximum absolute atomic E-state index is 14.2. The lowest BCUT2D eigenvalue weighted by Gasteiger charge is -2.29. The van der Waals surface area contributed by atoms with Crippen molar-refractivity contribution in [3.8, 4) is 0 Å². The maximum atomic E-state index is 14.2. The van der Waals surface area contributed by atoms with Crippen LogP contribution in [0.25, 0.3) is 0 Å². The molecule has 33 nitrogen and oxygen atoms in total. The van der Waals surface area contributed by atoms with Crippen molar-refractivity contribution < 1.29 is 80.5 Å². The summed E-state index contributed by atoms with van der Waals surface area (Å²) in [7, 11) is -4.67. The largest absolute Gasteiger partial charge is 0.394 e. The predicted molar refractivity (Wildman–Crippen MR) is 326 cm³/mol. The number of aliphatic hydroxyl groups is 2. The molecule has 0 saturated heterocycles. The third-order valence-electron chi connectivity index (χ3n) is 13.2. The molecule has 12 atom stereocenters. The van der Waals surface area contributed by atoms with Crippen molar-refractivity contribution in [3.63, 3.8) is 0 Å². The predicted octanol–water partition coefficient (Wildman–Crippen LogP) is -5.68. The van der Waals surface area contributed by atoms with Gasteiger partial charge in [0.05, 0.1) is 12.2 Å². The quantitative estimate of drug-likeness (QED) is 0.0200. The minimum Gasteiger partial charge on any atom is -0.391 e. The molecule has 0 aliphatic rings. The molecular weight excluding hydrogens is 1180 g/mol. The minimum atomic E-state index is -4.67. The van der Waals surface area contributed by atoms with E-state index in [0.717, 1.165) is 19.3 Å². The molecule has 10 amide bonds. The Kier molecular flexibility index (Phi) is 43.1. The van der Waals surface area contributed by atoms with Crippen LogP contribution in [0.4, 0.5) is 0 Å². The second-order valence-corrected chi connectivity index (χ2v) is 23.7. The van der Waals surface area contributed by atoms with Crippen molar-refractivity contribution in [1.29, 1.82) is 0 Å². The summed E-state index contributed by atoms with van der Waals surface area (Å²) < 4.78 is 31.6. The Morgan fingerprint density at radius 3 is 0.852 bits per heavy atom. The molecule has 0 rings (SSSR count). The molecule has 0 bridgehead atoms. The van der Waals surface area contributed by atoms with Crippen LogP contribution in [0.2, 0.25) is 0 Å². The number of aliphatic hydroxyl groups excluding tert-OH is 2. The summed E-state index contributed by atoms with van der Waals surface area (Å²) in [5, 5.41) is 46.2. The van der Waals surface area contributed by atoms with Crippen molar-refractivity contribution in [2.45, 2.75) is 218 Å². The van der Waals surface area contributed by atoms with E-state index in [4.69, 9.17) is 51.9 Å². The second kappa shape index (κ2) is 45.2. The van der Waals surface area contributed by atoms with Gasteiger partial charge in [0.2, 0.25) is 59.1 Å². The van der Waals surface area contributed by atoms with Gasteiger partial charge in [0.25, 0.3) is 0 Å². The summed E-state index contributed by atoms with van der Waals surface area (Å²) in [5.74, 6) is -8.45. The van der Waals surface area contributed by atoms with Crippen LogP contribution in [0.5, 0.6) is 0 Å². The minimum absolute atomic E-state index is 0.00983. The zero-order chi connectivity index (χ0) is 68.0. The van der Waals surface area contributed by atoms with Gasteiger partial charge < -0.3 is 97.8 Å². The number of ketones is 1. The third kappa shape index (κ3) is 37.0. The Balaban J connectivity index is 0. The number of carbonyl (C=O) groups is 11. The Morgan fingerprint density at radius 1 is 0.341 bits per heavy atom. The van der Waals surface area contributed by atoms with Crippen LogP contribution in [-0.4, -0.2) is 204 Å². The number of carbonyl (C=O) groups excluding carboxylic acids is 11. The first-order chi connectivity index (χ1) is 41.0. The molecule has 0 radical (unpaired) electrons. The Morgan fingerprint density at radius 2 is 0.591 bits per heavy atom. The van der Waals surface area contributed by atoms with E-state index in [0.29, 0.717) is 12.3 Å². The van der Waals surface area contributed by atoms with Gasteiger partial charge in [0, 0.05) is 6.42 Å². The fourth-order valence-electron chi connectivity index (χ4n) is 8.67. The number of nitrogens with two attached hydrogens (primary N) is 6. The van der Waals surface area contributed by atoms with E-state index in [1.54, 1.807) is 27.7 Å². The van der Waals surface area contributed by atoms with E-state index in [1.165, 1.54) is 20.8 Å². The van der Waals surface area contributed by atoms with Gasteiger partial charge in [-0.05, 0) is 136 Å². The molecule has 0 aromatic carbocycles. The highest BCUT2D eigenvalue weighted by Crippen LogP contribution is 2.13. The lowest BCUT2D eigenvalue weighted by molar-refractivity contribution is -0.137. The maximum Gasteiger partial charge on any atom is 0.394 e. The number of Topliss-reactive ketones (excluding diaryl/α,β-unsaturated/α-hetero) is 1. The first kappa shape index (κ1) is 84.0. The van der Waals surface area contributed by atoms with Crippen LogP contribution < -0.4 is 87.6 Å². The van der Waals surface area contributed by atoms with Gasteiger partial charge in [-0.1, -0.05) is 60.8 Å². The SMILES string of the molecule is CC(=O)[C@@H](NC(=O)[C@H](CCN)NC(=O)[C@H](CCN)NC(=O)[C@H](CC(C)C)NC(=O)[C@@H](CC(C)C)NC(=O)[C@H](CCN)NC(=O)[C@H](CCN)NC(=O)[C@H](CCN)NC(=O)[C@@H](NC(=O)[C@H](CCN)NC(=O)CCCCCC(C)C)[C@@H](C)O)[C@@H](C)O.O=S(=O)(O)O. The number of rotatable bonds is 44. The summed E-state index contributed by atoms with van der Waals surface area (Å²) in [5.41, 5.74) is 34.8. The Labute approximate surface area is 517 Å². The van der Waals surface area contributed by atoms with Gasteiger partial charge in [0.1, 0.15) is 60.4 Å². The molecule has 0 heterocycles. The average Bonchev–Trinajstić information content (AvgIpc) is 3.56. The lowest BCUT2D eigenvalue weighted by Crippen LogP contribution is -2.62. The van der Waals surface area contributed by atoms with E-state index in [1.807, 2.05) is 0 Å².